The summed E-state index contributed by atoms with van der Waals surface area (Å²) in [4.78, 5) is 1.40. The molecule has 0 amide bonds. The van der Waals surface area contributed by atoms with E-state index in [1.807, 2.05) is 11.3 Å². The highest BCUT2D eigenvalue weighted by Gasteiger charge is 2.17. The van der Waals surface area contributed by atoms with Gasteiger partial charge in [0.25, 0.3) is 0 Å². The Bertz CT molecular complexity index is 449. The third-order valence-corrected chi connectivity index (χ3v) is 4.01. The van der Waals surface area contributed by atoms with Gasteiger partial charge in [-0.1, -0.05) is 19.9 Å². The van der Waals surface area contributed by atoms with Gasteiger partial charge in [0.2, 0.25) is 0 Å². The average molecular weight is 248 g/mol. The first-order valence-corrected chi connectivity index (χ1v) is 6.92. The molecule has 0 saturated carbocycles. The Morgan fingerprint density at radius 3 is 2.24 bits per heavy atom. The Hall–Kier alpha value is -1.22. The predicted molar refractivity (Wildman–Crippen MR) is 75.2 cm³/mol. The third kappa shape index (κ3) is 2.55. The lowest BCUT2D eigenvalue weighted by atomic mass is 10.0. The Kier molecular flexibility index (Phi) is 3.57. The molecule has 0 fully saturated rings. The van der Waals surface area contributed by atoms with Gasteiger partial charge in [0.05, 0.1) is 6.04 Å². The van der Waals surface area contributed by atoms with Gasteiger partial charge in [-0.15, -0.1) is 11.3 Å². The van der Waals surface area contributed by atoms with E-state index in [9.17, 15) is 0 Å². The predicted octanol–water partition coefficient (Wildman–Crippen LogP) is 4.11. The highest BCUT2D eigenvalue weighted by atomic mass is 32.1. The molecule has 2 aromatic rings. The quantitative estimate of drug-likeness (QED) is 0.861. The van der Waals surface area contributed by atoms with Crippen molar-refractivity contribution in [3.63, 3.8) is 0 Å². The minimum atomic E-state index is 0.375. The second kappa shape index (κ2) is 4.96. The van der Waals surface area contributed by atoms with E-state index in [4.69, 9.17) is 0 Å². The zero-order chi connectivity index (χ0) is 12.4. The number of nitrogens with zero attached hydrogens (tertiary/aromatic N) is 1. The van der Waals surface area contributed by atoms with Gasteiger partial charge < -0.3 is 5.43 Å². The molecule has 0 saturated heterocycles. The highest BCUT2D eigenvalue weighted by molar-refractivity contribution is 7.10. The number of hydrogen-bond donors (Lipinski definition) is 1. The molecule has 2 aromatic heterocycles. The van der Waals surface area contributed by atoms with E-state index >= 15 is 0 Å². The van der Waals surface area contributed by atoms with Crippen molar-refractivity contribution in [2.24, 2.45) is 5.92 Å². The summed E-state index contributed by atoms with van der Waals surface area (Å²) in [5.74, 6) is 0.565. The Labute approximate surface area is 107 Å². The van der Waals surface area contributed by atoms with Gasteiger partial charge in [0.1, 0.15) is 0 Å². The van der Waals surface area contributed by atoms with E-state index in [0.29, 0.717) is 12.0 Å². The fraction of sp³-hybridized carbons (Fsp3) is 0.429. The Morgan fingerprint density at radius 1 is 1.12 bits per heavy atom. The molecule has 3 heteroatoms. The number of rotatable bonds is 4. The van der Waals surface area contributed by atoms with Crippen molar-refractivity contribution in [1.29, 1.82) is 0 Å². The minimum Gasteiger partial charge on any atom is -0.317 e. The summed E-state index contributed by atoms with van der Waals surface area (Å²) in [6.45, 7) is 8.77. The minimum absolute atomic E-state index is 0.375. The molecular formula is C14H20N2S. The van der Waals surface area contributed by atoms with Crippen LogP contribution in [0.4, 0.5) is 0 Å². The monoisotopic (exact) mass is 248 g/mol. The van der Waals surface area contributed by atoms with Crippen LogP contribution in [0.1, 0.15) is 36.2 Å². The molecule has 0 radical (unpaired) electrons. The second-order valence-electron chi connectivity index (χ2n) is 4.82. The fourth-order valence-electron chi connectivity index (χ4n) is 2.02. The van der Waals surface area contributed by atoms with Crippen LogP contribution < -0.4 is 5.43 Å². The van der Waals surface area contributed by atoms with Crippen LogP contribution in [0, 0.1) is 19.8 Å². The summed E-state index contributed by atoms with van der Waals surface area (Å²) in [5.41, 5.74) is 6.13. The first-order chi connectivity index (χ1) is 8.09. The molecule has 0 bridgehead atoms. The van der Waals surface area contributed by atoms with Crippen LogP contribution in [0.15, 0.2) is 29.6 Å². The van der Waals surface area contributed by atoms with E-state index in [2.05, 4.69) is 67.4 Å². The number of aryl methyl sites for hydroxylation is 2. The molecule has 1 unspecified atom stereocenters. The molecule has 2 rings (SSSR count). The topological polar surface area (TPSA) is 17.0 Å². The second-order valence-corrected chi connectivity index (χ2v) is 5.80. The van der Waals surface area contributed by atoms with Gasteiger partial charge in [-0.05, 0) is 43.3 Å². The van der Waals surface area contributed by atoms with Crippen molar-refractivity contribution in [2.45, 2.75) is 33.7 Å². The zero-order valence-electron chi connectivity index (χ0n) is 10.9. The van der Waals surface area contributed by atoms with Gasteiger partial charge in [-0.2, -0.15) is 0 Å². The smallest absolute Gasteiger partial charge is 0.0788 e. The van der Waals surface area contributed by atoms with Crippen LogP contribution >= 0.6 is 11.3 Å². The van der Waals surface area contributed by atoms with Crippen molar-refractivity contribution >= 4 is 11.3 Å². The fourth-order valence-corrected chi connectivity index (χ4v) is 2.96. The van der Waals surface area contributed by atoms with Gasteiger partial charge >= 0.3 is 0 Å². The molecule has 2 nitrogen and oxygen atoms in total. The summed E-state index contributed by atoms with van der Waals surface area (Å²) >= 11 is 1.82. The number of nitrogens with one attached hydrogen (secondary N) is 1. The van der Waals surface area contributed by atoms with Crippen LogP contribution in [0.2, 0.25) is 0 Å². The lowest BCUT2D eigenvalue weighted by Crippen LogP contribution is -2.25. The van der Waals surface area contributed by atoms with Crippen LogP contribution in [0.5, 0.6) is 0 Å². The van der Waals surface area contributed by atoms with Gasteiger partial charge in [-0.3, -0.25) is 4.68 Å². The largest absolute Gasteiger partial charge is 0.317 e. The molecular weight excluding hydrogens is 228 g/mol. The molecule has 17 heavy (non-hydrogen) atoms. The first-order valence-electron chi connectivity index (χ1n) is 6.04. The van der Waals surface area contributed by atoms with E-state index in [1.165, 1.54) is 16.3 Å². The highest BCUT2D eigenvalue weighted by Crippen LogP contribution is 2.27. The standard InChI is InChI=1S/C14H20N2S/c1-10(2)14(13-6-5-9-17-13)15-16-11(3)7-8-12(16)4/h5-10,14-15H,1-4H3. The molecule has 0 aliphatic carbocycles. The van der Waals surface area contributed by atoms with Gasteiger partial charge in [0, 0.05) is 16.3 Å². The van der Waals surface area contributed by atoms with Crippen molar-refractivity contribution < 1.29 is 0 Å². The average Bonchev–Trinajstić information content (AvgIpc) is 2.88. The Balaban J connectivity index is 2.25. The molecule has 1 N–H and O–H groups in total. The summed E-state index contributed by atoms with van der Waals surface area (Å²) in [5, 5.41) is 2.14. The first kappa shape index (κ1) is 12.2. The van der Waals surface area contributed by atoms with Crippen molar-refractivity contribution in [1.82, 2.24) is 4.68 Å². The van der Waals surface area contributed by atoms with Crippen LogP contribution in [0.3, 0.4) is 0 Å². The third-order valence-electron chi connectivity index (χ3n) is 3.06. The number of aromatic nitrogens is 1. The molecule has 0 spiro atoms. The van der Waals surface area contributed by atoms with Gasteiger partial charge in [0.15, 0.2) is 0 Å². The number of thiophene rings is 1. The maximum Gasteiger partial charge on any atom is 0.0788 e. The molecule has 0 aromatic carbocycles. The van der Waals surface area contributed by atoms with Crippen molar-refractivity contribution in [3.05, 3.63) is 45.9 Å². The van der Waals surface area contributed by atoms with E-state index in [0.717, 1.165) is 0 Å². The zero-order valence-corrected chi connectivity index (χ0v) is 11.7. The molecule has 0 aliphatic rings. The Morgan fingerprint density at radius 2 is 1.76 bits per heavy atom. The maximum absolute atomic E-state index is 3.62. The number of hydrogen-bond acceptors (Lipinski definition) is 2. The van der Waals surface area contributed by atoms with E-state index in [-0.39, 0.29) is 0 Å². The van der Waals surface area contributed by atoms with Gasteiger partial charge in [-0.25, -0.2) is 0 Å². The van der Waals surface area contributed by atoms with Crippen LogP contribution in [-0.4, -0.2) is 4.68 Å². The molecule has 92 valence electrons. The summed E-state index contributed by atoms with van der Waals surface area (Å²) in [7, 11) is 0. The van der Waals surface area contributed by atoms with Crippen molar-refractivity contribution in [3.8, 4) is 0 Å². The van der Waals surface area contributed by atoms with E-state index in [1.54, 1.807) is 0 Å². The summed E-state index contributed by atoms with van der Waals surface area (Å²) in [6.07, 6.45) is 0. The van der Waals surface area contributed by atoms with Crippen molar-refractivity contribution in [2.75, 3.05) is 5.43 Å². The SMILES string of the molecule is Cc1ccc(C)n1NC(c1cccs1)C(C)C. The maximum atomic E-state index is 3.62. The molecule has 1 atom stereocenters. The lowest BCUT2D eigenvalue weighted by Gasteiger charge is -2.25. The van der Waals surface area contributed by atoms with E-state index < -0.39 is 0 Å². The normalized spacial score (nSPS) is 13.0. The lowest BCUT2D eigenvalue weighted by molar-refractivity contribution is 0.505. The molecule has 0 aliphatic heterocycles. The van der Waals surface area contributed by atoms with Crippen LogP contribution in [-0.2, 0) is 0 Å². The summed E-state index contributed by atoms with van der Waals surface area (Å²) in [6, 6.07) is 8.99. The molecule has 2 heterocycles. The summed E-state index contributed by atoms with van der Waals surface area (Å²) < 4.78 is 2.18. The van der Waals surface area contributed by atoms with Crippen LogP contribution in [0.25, 0.3) is 0 Å².